The number of hydrogen-bond donors (Lipinski definition) is 0. The molecular weight excluding hydrogens is 400 g/mol. The summed E-state index contributed by atoms with van der Waals surface area (Å²) in [6.07, 6.45) is 0.234. The van der Waals surface area contributed by atoms with E-state index in [9.17, 15) is 18.0 Å². The molecule has 0 aliphatic carbocycles. The largest absolute Gasteiger partial charge is 0.334 e. The van der Waals surface area contributed by atoms with Crippen LogP contribution in [0.5, 0.6) is 0 Å². The molecule has 0 saturated carbocycles. The van der Waals surface area contributed by atoms with Gasteiger partial charge in [0.2, 0.25) is 11.8 Å². The molecule has 2 amide bonds. The first-order valence-corrected chi connectivity index (χ1v) is 11.6. The van der Waals surface area contributed by atoms with E-state index in [1.54, 1.807) is 17.0 Å². The average molecular weight is 429 g/mol. The molecule has 1 unspecified atom stereocenters. The Morgan fingerprint density at radius 3 is 2.37 bits per heavy atom. The lowest BCUT2D eigenvalue weighted by molar-refractivity contribution is -0.139. The van der Waals surface area contributed by atoms with Crippen LogP contribution in [0.3, 0.4) is 0 Å². The smallest absolute Gasteiger partial charge is 0.267 e. The fraction of sp³-hybridized carbons (Fsp3) is 0.391. The Hall–Kier alpha value is -2.67. The molecule has 1 saturated heterocycles. The Balaban J connectivity index is 1.94. The third-order valence-corrected chi connectivity index (χ3v) is 7.41. The molecule has 6 nitrogen and oxygen atoms in total. The monoisotopic (exact) mass is 428 g/mol. The molecule has 160 valence electrons. The molecular formula is C23H28N2O4S. The van der Waals surface area contributed by atoms with Crippen molar-refractivity contribution in [2.24, 2.45) is 0 Å². The number of carbonyl (C=O) groups is 2. The van der Waals surface area contributed by atoms with Crippen LogP contribution in [0, 0.1) is 13.8 Å². The number of sulfonamides is 1. The van der Waals surface area contributed by atoms with Crippen LogP contribution in [0.25, 0.3) is 0 Å². The van der Waals surface area contributed by atoms with Crippen molar-refractivity contribution in [3.05, 3.63) is 65.2 Å². The zero-order valence-electron chi connectivity index (χ0n) is 17.8. The highest BCUT2D eigenvalue weighted by molar-refractivity contribution is 7.89. The number of benzene rings is 2. The van der Waals surface area contributed by atoms with Crippen molar-refractivity contribution in [3.8, 4) is 0 Å². The van der Waals surface area contributed by atoms with Gasteiger partial charge in [-0.2, -0.15) is 0 Å². The summed E-state index contributed by atoms with van der Waals surface area (Å²) in [5.74, 6) is -0.873. The van der Waals surface area contributed by atoms with Crippen LogP contribution in [-0.2, 0) is 26.2 Å². The van der Waals surface area contributed by atoms with E-state index in [0.717, 1.165) is 21.0 Å². The van der Waals surface area contributed by atoms with Crippen LogP contribution in [0.2, 0.25) is 0 Å². The van der Waals surface area contributed by atoms with Gasteiger partial charge in [-0.05, 0) is 62.9 Å². The summed E-state index contributed by atoms with van der Waals surface area (Å²) in [6, 6.07) is 13.2. The SMILES string of the molecule is Cc1ccc(S(=O)(=O)N2C(=O)CCC2C(=O)N(Cc2ccccc2)C(C)C)cc1C. The van der Waals surface area contributed by atoms with Crippen LogP contribution in [0.15, 0.2) is 53.4 Å². The van der Waals surface area contributed by atoms with E-state index < -0.39 is 22.0 Å². The van der Waals surface area contributed by atoms with Crippen molar-refractivity contribution in [1.29, 1.82) is 0 Å². The summed E-state index contributed by atoms with van der Waals surface area (Å²) in [7, 11) is -4.12. The number of nitrogens with zero attached hydrogens (tertiary/aromatic N) is 2. The maximum Gasteiger partial charge on any atom is 0.267 e. The van der Waals surface area contributed by atoms with Crippen molar-refractivity contribution in [2.75, 3.05) is 0 Å². The average Bonchev–Trinajstić information content (AvgIpc) is 3.10. The Morgan fingerprint density at radius 2 is 1.77 bits per heavy atom. The number of rotatable bonds is 6. The van der Waals surface area contributed by atoms with Crippen molar-refractivity contribution in [1.82, 2.24) is 9.21 Å². The maximum atomic E-state index is 13.4. The molecule has 1 aliphatic rings. The molecule has 0 radical (unpaired) electrons. The molecule has 0 bridgehead atoms. The van der Waals surface area contributed by atoms with Gasteiger partial charge in [0, 0.05) is 19.0 Å². The van der Waals surface area contributed by atoms with Gasteiger partial charge in [0.15, 0.2) is 0 Å². The lowest BCUT2D eigenvalue weighted by Crippen LogP contribution is -2.50. The van der Waals surface area contributed by atoms with E-state index in [4.69, 9.17) is 0 Å². The standard InChI is InChI=1S/C23H28N2O4S/c1-16(2)24(15-19-8-6-5-7-9-19)23(27)21-12-13-22(26)25(21)30(28,29)20-11-10-17(3)18(4)14-20/h5-11,14,16,21H,12-13,15H2,1-4H3. The summed E-state index contributed by atoms with van der Waals surface area (Å²) in [4.78, 5) is 27.7. The Kier molecular flexibility index (Phi) is 6.31. The Morgan fingerprint density at radius 1 is 1.10 bits per heavy atom. The molecule has 1 atom stereocenters. The Labute approximate surface area is 178 Å². The molecule has 0 aromatic heterocycles. The molecule has 30 heavy (non-hydrogen) atoms. The van der Waals surface area contributed by atoms with Gasteiger partial charge in [0.05, 0.1) is 4.90 Å². The van der Waals surface area contributed by atoms with Crippen molar-refractivity contribution < 1.29 is 18.0 Å². The van der Waals surface area contributed by atoms with E-state index in [0.29, 0.717) is 6.54 Å². The minimum absolute atomic E-state index is 0.0394. The van der Waals surface area contributed by atoms with Gasteiger partial charge in [0.25, 0.3) is 10.0 Å². The van der Waals surface area contributed by atoms with Crippen molar-refractivity contribution >= 4 is 21.8 Å². The molecule has 3 rings (SSSR count). The molecule has 2 aromatic carbocycles. The van der Waals surface area contributed by atoms with Gasteiger partial charge in [-0.1, -0.05) is 36.4 Å². The van der Waals surface area contributed by atoms with Crippen molar-refractivity contribution in [2.45, 2.75) is 64.1 Å². The topological polar surface area (TPSA) is 74.8 Å². The van der Waals surface area contributed by atoms with Gasteiger partial charge in [-0.15, -0.1) is 0 Å². The van der Waals surface area contributed by atoms with Crippen LogP contribution in [0.4, 0.5) is 0 Å². The van der Waals surface area contributed by atoms with E-state index in [-0.39, 0.29) is 29.7 Å². The van der Waals surface area contributed by atoms with Gasteiger partial charge in [-0.3, -0.25) is 9.59 Å². The predicted molar refractivity (Wildman–Crippen MR) is 115 cm³/mol. The summed E-state index contributed by atoms with van der Waals surface area (Å²) < 4.78 is 27.4. The van der Waals surface area contributed by atoms with Crippen LogP contribution in [0.1, 0.15) is 43.4 Å². The first kappa shape index (κ1) is 22.0. The molecule has 0 spiro atoms. The molecule has 7 heteroatoms. The minimum Gasteiger partial charge on any atom is -0.334 e. The third kappa shape index (κ3) is 4.26. The first-order valence-electron chi connectivity index (χ1n) is 10.1. The van der Waals surface area contributed by atoms with Gasteiger partial charge in [0.1, 0.15) is 6.04 Å². The summed E-state index contributed by atoms with van der Waals surface area (Å²) in [5, 5.41) is 0. The molecule has 2 aromatic rings. The number of amides is 2. The highest BCUT2D eigenvalue weighted by Gasteiger charge is 2.46. The van der Waals surface area contributed by atoms with Crippen LogP contribution in [-0.4, -0.2) is 41.5 Å². The Bertz CT molecular complexity index is 1050. The maximum absolute atomic E-state index is 13.4. The second-order valence-electron chi connectivity index (χ2n) is 8.04. The normalized spacial score (nSPS) is 16.9. The zero-order chi connectivity index (χ0) is 22.1. The minimum atomic E-state index is -4.12. The lowest BCUT2D eigenvalue weighted by atomic mass is 10.1. The summed E-state index contributed by atoms with van der Waals surface area (Å²) in [6.45, 7) is 7.85. The fourth-order valence-electron chi connectivity index (χ4n) is 3.66. The molecule has 1 aliphatic heterocycles. The number of hydrogen-bond acceptors (Lipinski definition) is 4. The second-order valence-corrected chi connectivity index (χ2v) is 9.86. The first-order chi connectivity index (χ1) is 14.1. The van der Waals surface area contributed by atoms with Gasteiger partial charge in [-0.25, -0.2) is 12.7 Å². The van der Waals surface area contributed by atoms with Gasteiger partial charge >= 0.3 is 0 Å². The summed E-state index contributed by atoms with van der Waals surface area (Å²) in [5.41, 5.74) is 2.73. The molecule has 1 heterocycles. The van der Waals surface area contributed by atoms with E-state index in [1.165, 1.54) is 6.07 Å². The van der Waals surface area contributed by atoms with E-state index >= 15 is 0 Å². The van der Waals surface area contributed by atoms with Gasteiger partial charge < -0.3 is 4.90 Å². The number of aryl methyl sites for hydroxylation is 2. The quantitative estimate of drug-likeness (QED) is 0.707. The van der Waals surface area contributed by atoms with Crippen LogP contribution >= 0.6 is 0 Å². The fourth-order valence-corrected chi connectivity index (χ4v) is 5.34. The predicted octanol–water partition coefficient (Wildman–Crippen LogP) is 3.42. The lowest BCUT2D eigenvalue weighted by Gasteiger charge is -2.32. The summed E-state index contributed by atoms with van der Waals surface area (Å²) >= 11 is 0. The van der Waals surface area contributed by atoms with E-state index in [2.05, 4.69) is 0 Å². The second kappa shape index (κ2) is 8.60. The van der Waals surface area contributed by atoms with E-state index in [1.807, 2.05) is 58.0 Å². The molecule has 0 N–H and O–H groups in total. The van der Waals surface area contributed by atoms with Crippen molar-refractivity contribution in [3.63, 3.8) is 0 Å². The molecule has 1 fully saturated rings. The van der Waals surface area contributed by atoms with Crippen LogP contribution < -0.4 is 0 Å². The highest BCUT2D eigenvalue weighted by atomic mass is 32.2. The zero-order valence-corrected chi connectivity index (χ0v) is 18.6. The third-order valence-electron chi connectivity index (χ3n) is 5.58. The highest BCUT2D eigenvalue weighted by Crippen LogP contribution is 2.30. The number of carbonyl (C=O) groups excluding carboxylic acids is 2.